The lowest BCUT2D eigenvalue weighted by Gasteiger charge is -2.08. The van der Waals surface area contributed by atoms with Crippen molar-refractivity contribution in [1.29, 1.82) is 0 Å². The molecular weight excluding hydrogens is 200 g/mol. The number of aromatic nitrogens is 1. The molecule has 1 aromatic carbocycles. The molecule has 1 aromatic heterocycles. The van der Waals surface area contributed by atoms with Crippen LogP contribution in [-0.4, -0.2) is 17.5 Å². The van der Waals surface area contributed by atoms with E-state index >= 15 is 0 Å². The molecule has 16 heavy (non-hydrogen) atoms. The van der Waals surface area contributed by atoms with Crippen molar-refractivity contribution < 1.29 is 0 Å². The first-order valence-corrected chi connectivity index (χ1v) is 5.21. The largest absolute Gasteiger partial charge is 0.370 e. The van der Waals surface area contributed by atoms with E-state index in [0.717, 1.165) is 16.5 Å². The summed E-state index contributed by atoms with van der Waals surface area (Å²) in [6.07, 6.45) is 3.59. The number of nitrogens with zero attached hydrogens (tertiary/aromatic N) is 2. The third-order valence-electron chi connectivity index (χ3n) is 2.27. The quantitative estimate of drug-likeness (QED) is 0.593. The number of nitrogens with one attached hydrogen (secondary N) is 1. The number of hydrogen-bond donors (Lipinski definition) is 2. The van der Waals surface area contributed by atoms with Gasteiger partial charge in [0.25, 0.3) is 0 Å². The molecule has 2 aromatic rings. The minimum absolute atomic E-state index is 0.437. The molecule has 0 spiro atoms. The number of pyridine rings is 1. The summed E-state index contributed by atoms with van der Waals surface area (Å²) in [6, 6.07) is 7.91. The van der Waals surface area contributed by atoms with Gasteiger partial charge in [0.15, 0.2) is 5.96 Å². The molecule has 1 heterocycles. The van der Waals surface area contributed by atoms with Gasteiger partial charge in [-0.25, -0.2) is 0 Å². The Morgan fingerprint density at radius 2 is 2.31 bits per heavy atom. The average molecular weight is 214 g/mol. The van der Waals surface area contributed by atoms with Gasteiger partial charge in [-0.2, -0.15) is 0 Å². The number of aliphatic imine (C=N–C) groups is 1. The maximum atomic E-state index is 5.73. The van der Waals surface area contributed by atoms with Gasteiger partial charge in [-0.05, 0) is 19.1 Å². The van der Waals surface area contributed by atoms with Gasteiger partial charge in [0.1, 0.15) is 0 Å². The highest BCUT2D eigenvalue weighted by atomic mass is 15.1. The van der Waals surface area contributed by atoms with Crippen LogP contribution in [0.5, 0.6) is 0 Å². The molecule has 0 bridgehead atoms. The summed E-state index contributed by atoms with van der Waals surface area (Å²) in [6.45, 7) is 2.62. The van der Waals surface area contributed by atoms with E-state index in [2.05, 4.69) is 15.3 Å². The van der Waals surface area contributed by atoms with Crippen molar-refractivity contribution in [3.8, 4) is 0 Å². The Bertz CT molecular complexity index is 514. The standard InChI is InChI=1S/C12H14N4/c1-2-15-12(13)16-11-5-3-4-9-8-14-7-6-10(9)11/h3-8H,2H2,1H3,(H3,13,15,16). The van der Waals surface area contributed by atoms with Gasteiger partial charge in [0.2, 0.25) is 0 Å². The van der Waals surface area contributed by atoms with Crippen LogP contribution < -0.4 is 11.1 Å². The number of fused-ring (bicyclic) bond motifs is 1. The maximum Gasteiger partial charge on any atom is 0.193 e. The number of nitrogens with two attached hydrogens (primary N) is 1. The van der Waals surface area contributed by atoms with Crippen LogP contribution in [0.4, 0.5) is 5.69 Å². The van der Waals surface area contributed by atoms with Crippen LogP contribution in [0.3, 0.4) is 0 Å². The van der Waals surface area contributed by atoms with Crippen molar-refractivity contribution in [1.82, 2.24) is 4.98 Å². The molecule has 4 heteroatoms. The zero-order valence-corrected chi connectivity index (χ0v) is 9.14. The van der Waals surface area contributed by atoms with Crippen molar-refractivity contribution in [2.24, 2.45) is 10.7 Å². The van der Waals surface area contributed by atoms with E-state index in [9.17, 15) is 0 Å². The van der Waals surface area contributed by atoms with E-state index in [1.807, 2.05) is 37.4 Å². The van der Waals surface area contributed by atoms with Crippen LogP contribution in [0.15, 0.2) is 41.7 Å². The Kier molecular flexibility index (Phi) is 3.00. The smallest absolute Gasteiger partial charge is 0.193 e. The summed E-state index contributed by atoms with van der Waals surface area (Å²) in [5.41, 5.74) is 6.68. The molecule has 0 aliphatic rings. The Morgan fingerprint density at radius 3 is 3.12 bits per heavy atom. The molecule has 4 nitrogen and oxygen atoms in total. The van der Waals surface area contributed by atoms with Crippen LogP contribution in [0.25, 0.3) is 10.8 Å². The van der Waals surface area contributed by atoms with Crippen molar-refractivity contribution >= 4 is 22.4 Å². The van der Waals surface area contributed by atoms with Gasteiger partial charge in [-0.1, -0.05) is 12.1 Å². The Hall–Kier alpha value is -2.10. The number of anilines is 1. The van der Waals surface area contributed by atoms with Gasteiger partial charge in [0, 0.05) is 35.4 Å². The third-order valence-corrected chi connectivity index (χ3v) is 2.27. The minimum atomic E-state index is 0.437. The number of hydrogen-bond acceptors (Lipinski definition) is 2. The van der Waals surface area contributed by atoms with Gasteiger partial charge < -0.3 is 11.1 Å². The van der Waals surface area contributed by atoms with E-state index < -0.39 is 0 Å². The highest BCUT2D eigenvalue weighted by Crippen LogP contribution is 2.21. The Labute approximate surface area is 94.2 Å². The fourth-order valence-corrected chi connectivity index (χ4v) is 1.58. The maximum absolute atomic E-state index is 5.73. The summed E-state index contributed by atoms with van der Waals surface area (Å²) >= 11 is 0. The van der Waals surface area contributed by atoms with Crippen molar-refractivity contribution in [3.05, 3.63) is 36.7 Å². The topological polar surface area (TPSA) is 63.3 Å². The molecule has 0 aliphatic heterocycles. The second kappa shape index (κ2) is 4.61. The predicted octanol–water partition coefficient (Wildman–Crippen LogP) is 1.98. The van der Waals surface area contributed by atoms with E-state index in [-0.39, 0.29) is 0 Å². The van der Waals surface area contributed by atoms with Gasteiger partial charge in [-0.15, -0.1) is 0 Å². The summed E-state index contributed by atoms with van der Waals surface area (Å²) in [7, 11) is 0. The van der Waals surface area contributed by atoms with Crippen molar-refractivity contribution in [3.63, 3.8) is 0 Å². The molecular formula is C12H14N4. The lowest BCUT2D eigenvalue weighted by atomic mass is 10.1. The van der Waals surface area contributed by atoms with Crippen LogP contribution in [-0.2, 0) is 0 Å². The molecule has 0 amide bonds. The van der Waals surface area contributed by atoms with E-state index in [1.165, 1.54) is 0 Å². The fourth-order valence-electron chi connectivity index (χ4n) is 1.58. The molecule has 0 aliphatic carbocycles. The summed E-state index contributed by atoms with van der Waals surface area (Å²) < 4.78 is 0. The zero-order chi connectivity index (χ0) is 11.4. The van der Waals surface area contributed by atoms with Crippen LogP contribution in [0.2, 0.25) is 0 Å². The number of rotatable bonds is 2. The second-order valence-electron chi connectivity index (χ2n) is 3.39. The van der Waals surface area contributed by atoms with Gasteiger partial charge in [0.05, 0.1) is 0 Å². The van der Waals surface area contributed by atoms with E-state index in [1.54, 1.807) is 6.20 Å². The SMILES string of the molecule is CCN=C(N)Nc1cccc2cnccc12. The van der Waals surface area contributed by atoms with Crippen LogP contribution in [0.1, 0.15) is 6.92 Å². The molecule has 2 rings (SSSR count). The highest BCUT2D eigenvalue weighted by molar-refractivity contribution is 6.02. The normalized spacial score (nSPS) is 11.7. The van der Waals surface area contributed by atoms with Crippen molar-refractivity contribution in [2.45, 2.75) is 6.92 Å². The molecule has 3 N–H and O–H groups in total. The Balaban J connectivity index is 2.41. The van der Waals surface area contributed by atoms with Gasteiger partial charge in [-0.3, -0.25) is 9.98 Å². The Morgan fingerprint density at radius 1 is 1.44 bits per heavy atom. The van der Waals surface area contributed by atoms with Crippen LogP contribution >= 0.6 is 0 Å². The number of guanidine groups is 1. The lowest BCUT2D eigenvalue weighted by molar-refractivity contribution is 1.12. The molecule has 0 saturated carbocycles. The average Bonchev–Trinajstić information content (AvgIpc) is 2.30. The van der Waals surface area contributed by atoms with E-state index in [4.69, 9.17) is 5.73 Å². The molecule has 0 atom stereocenters. The highest BCUT2D eigenvalue weighted by Gasteiger charge is 2.00. The molecule has 0 saturated heterocycles. The monoisotopic (exact) mass is 214 g/mol. The first-order valence-electron chi connectivity index (χ1n) is 5.21. The minimum Gasteiger partial charge on any atom is -0.370 e. The first-order chi connectivity index (χ1) is 7.81. The van der Waals surface area contributed by atoms with Crippen molar-refractivity contribution in [2.75, 3.05) is 11.9 Å². The summed E-state index contributed by atoms with van der Waals surface area (Å²) in [5, 5.41) is 5.26. The van der Waals surface area contributed by atoms with E-state index in [0.29, 0.717) is 12.5 Å². The lowest BCUT2D eigenvalue weighted by Crippen LogP contribution is -2.22. The van der Waals surface area contributed by atoms with Crippen LogP contribution in [0, 0.1) is 0 Å². The molecule has 0 radical (unpaired) electrons. The second-order valence-corrected chi connectivity index (χ2v) is 3.39. The zero-order valence-electron chi connectivity index (χ0n) is 9.14. The summed E-state index contributed by atoms with van der Waals surface area (Å²) in [4.78, 5) is 8.17. The summed E-state index contributed by atoms with van der Waals surface area (Å²) in [5.74, 6) is 0.437. The molecule has 0 unspecified atom stereocenters. The van der Waals surface area contributed by atoms with Gasteiger partial charge >= 0.3 is 0 Å². The fraction of sp³-hybridized carbons (Fsp3) is 0.167. The molecule has 82 valence electrons. The molecule has 0 fully saturated rings. The predicted molar refractivity (Wildman–Crippen MR) is 67.5 cm³/mol. The number of benzene rings is 1. The first kappa shape index (κ1) is 10.4. The third kappa shape index (κ3) is 2.11.